The van der Waals surface area contributed by atoms with Gasteiger partial charge in [0.1, 0.15) is 0 Å². The van der Waals surface area contributed by atoms with Crippen molar-refractivity contribution in [2.24, 2.45) is 5.92 Å². The van der Waals surface area contributed by atoms with E-state index >= 15 is 0 Å². The van der Waals surface area contributed by atoms with Gasteiger partial charge in [0, 0.05) is 23.7 Å². The van der Waals surface area contributed by atoms with Gasteiger partial charge in [0.2, 0.25) is 0 Å². The minimum atomic E-state index is -0.491. The van der Waals surface area contributed by atoms with Crippen LogP contribution in [0.4, 0.5) is 5.69 Å². The molecule has 6 nitrogen and oxygen atoms in total. The van der Waals surface area contributed by atoms with Crippen molar-refractivity contribution in [1.82, 2.24) is 5.32 Å². The number of nitriles is 1. The Morgan fingerprint density at radius 2 is 2.28 bits per heavy atom. The van der Waals surface area contributed by atoms with E-state index in [9.17, 15) is 14.9 Å². The van der Waals surface area contributed by atoms with Crippen LogP contribution in [-0.2, 0) is 0 Å². The third-order valence-electron chi connectivity index (χ3n) is 2.44. The number of nitrogens with one attached hydrogen (secondary N) is 1. The summed E-state index contributed by atoms with van der Waals surface area (Å²) in [7, 11) is 0. The Balaban J connectivity index is 2.79. The van der Waals surface area contributed by atoms with E-state index in [1.807, 2.05) is 6.07 Å². The zero-order chi connectivity index (χ0) is 13.7. The van der Waals surface area contributed by atoms with Crippen LogP contribution >= 0.6 is 0 Å². The third kappa shape index (κ3) is 3.28. The van der Waals surface area contributed by atoms with Crippen molar-refractivity contribution < 1.29 is 9.72 Å². The Morgan fingerprint density at radius 1 is 1.61 bits per heavy atom. The SMILES string of the molecule is Cc1cc(C(=O)NCC(C)C#N)ccc1[N+](=O)[O-]. The van der Waals surface area contributed by atoms with Crippen LogP contribution in [0.5, 0.6) is 0 Å². The smallest absolute Gasteiger partial charge is 0.272 e. The second-order valence-corrected chi connectivity index (χ2v) is 4.00. The normalized spacial score (nSPS) is 11.4. The summed E-state index contributed by atoms with van der Waals surface area (Å²) in [6, 6.07) is 6.17. The summed E-state index contributed by atoms with van der Waals surface area (Å²) in [4.78, 5) is 21.8. The fourth-order valence-corrected chi connectivity index (χ4v) is 1.40. The molecule has 1 unspecified atom stereocenters. The standard InChI is InChI=1S/C12H13N3O3/c1-8(6-13)7-14-12(16)10-3-4-11(15(17)18)9(2)5-10/h3-5,8H,7H2,1-2H3,(H,14,16). The molecule has 1 aromatic rings. The van der Waals surface area contributed by atoms with Gasteiger partial charge >= 0.3 is 0 Å². The van der Waals surface area contributed by atoms with E-state index < -0.39 is 4.92 Å². The lowest BCUT2D eigenvalue weighted by molar-refractivity contribution is -0.385. The van der Waals surface area contributed by atoms with Crippen molar-refractivity contribution in [1.29, 1.82) is 5.26 Å². The first-order valence-corrected chi connectivity index (χ1v) is 5.38. The number of nitrogens with zero attached hydrogens (tertiary/aromatic N) is 2. The molecule has 1 N–H and O–H groups in total. The number of hydrogen-bond donors (Lipinski definition) is 1. The molecular formula is C12H13N3O3. The predicted molar refractivity (Wildman–Crippen MR) is 64.9 cm³/mol. The van der Waals surface area contributed by atoms with E-state index in [2.05, 4.69) is 5.32 Å². The monoisotopic (exact) mass is 247 g/mol. The highest BCUT2D eigenvalue weighted by molar-refractivity contribution is 5.94. The summed E-state index contributed by atoms with van der Waals surface area (Å²) < 4.78 is 0. The molecule has 1 aromatic carbocycles. The first-order valence-electron chi connectivity index (χ1n) is 5.38. The lowest BCUT2D eigenvalue weighted by Gasteiger charge is -2.06. The lowest BCUT2D eigenvalue weighted by atomic mass is 10.1. The fourth-order valence-electron chi connectivity index (χ4n) is 1.40. The number of benzene rings is 1. The van der Waals surface area contributed by atoms with Crippen molar-refractivity contribution in [3.63, 3.8) is 0 Å². The van der Waals surface area contributed by atoms with Gasteiger partial charge in [-0.2, -0.15) is 5.26 Å². The second kappa shape index (κ2) is 5.77. The molecule has 0 radical (unpaired) electrons. The van der Waals surface area contributed by atoms with Crippen LogP contribution in [-0.4, -0.2) is 17.4 Å². The summed E-state index contributed by atoms with van der Waals surface area (Å²) in [5.74, 6) is -0.608. The van der Waals surface area contributed by atoms with Gasteiger partial charge in [0.05, 0.1) is 16.9 Å². The van der Waals surface area contributed by atoms with E-state index in [0.29, 0.717) is 11.1 Å². The van der Waals surface area contributed by atoms with Crippen LogP contribution in [0.25, 0.3) is 0 Å². The van der Waals surface area contributed by atoms with E-state index in [-0.39, 0.29) is 24.1 Å². The minimum absolute atomic E-state index is 0.0167. The molecule has 1 amide bonds. The summed E-state index contributed by atoms with van der Waals surface area (Å²) in [5, 5.41) is 21.8. The van der Waals surface area contributed by atoms with Crippen molar-refractivity contribution >= 4 is 11.6 Å². The molecule has 94 valence electrons. The molecule has 1 rings (SSSR count). The summed E-state index contributed by atoms with van der Waals surface area (Å²) in [6.45, 7) is 3.53. The Labute approximate surface area is 104 Å². The number of carbonyl (C=O) groups is 1. The zero-order valence-corrected chi connectivity index (χ0v) is 10.1. The average molecular weight is 247 g/mol. The largest absolute Gasteiger partial charge is 0.351 e. The number of hydrogen-bond acceptors (Lipinski definition) is 4. The molecule has 18 heavy (non-hydrogen) atoms. The highest BCUT2D eigenvalue weighted by Crippen LogP contribution is 2.18. The van der Waals surface area contributed by atoms with Gasteiger partial charge in [-0.3, -0.25) is 14.9 Å². The second-order valence-electron chi connectivity index (χ2n) is 4.00. The Hall–Kier alpha value is -2.42. The van der Waals surface area contributed by atoms with Crippen molar-refractivity contribution in [3.8, 4) is 6.07 Å². The number of nitro groups is 1. The number of rotatable bonds is 4. The molecule has 0 saturated carbocycles. The lowest BCUT2D eigenvalue weighted by Crippen LogP contribution is -2.27. The Kier molecular flexibility index (Phi) is 4.38. The number of nitro benzene ring substituents is 1. The van der Waals surface area contributed by atoms with Crippen LogP contribution in [0, 0.1) is 34.3 Å². The first kappa shape index (κ1) is 13.6. The number of aryl methyl sites for hydroxylation is 1. The van der Waals surface area contributed by atoms with Gasteiger partial charge in [-0.1, -0.05) is 0 Å². The van der Waals surface area contributed by atoms with Gasteiger partial charge in [0.25, 0.3) is 11.6 Å². The molecule has 0 heterocycles. The van der Waals surface area contributed by atoms with Crippen LogP contribution in [0.2, 0.25) is 0 Å². The van der Waals surface area contributed by atoms with E-state index in [1.54, 1.807) is 13.8 Å². The quantitative estimate of drug-likeness (QED) is 0.648. The van der Waals surface area contributed by atoms with Gasteiger partial charge in [-0.15, -0.1) is 0 Å². The van der Waals surface area contributed by atoms with Crippen LogP contribution in [0.1, 0.15) is 22.8 Å². The maximum absolute atomic E-state index is 11.7. The molecule has 0 aliphatic heterocycles. The van der Waals surface area contributed by atoms with E-state index in [0.717, 1.165) is 0 Å². The van der Waals surface area contributed by atoms with Crippen LogP contribution < -0.4 is 5.32 Å². The maximum Gasteiger partial charge on any atom is 0.272 e. The molecule has 0 aliphatic rings. The topological polar surface area (TPSA) is 96.0 Å². The van der Waals surface area contributed by atoms with Gasteiger partial charge in [0.15, 0.2) is 0 Å². The maximum atomic E-state index is 11.7. The van der Waals surface area contributed by atoms with Crippen molar-refractivity contribution in [3.05, 3.63) is 39.4 Å². The molecule has 6 heteroatoms. The molecule has 0 aromatic heterocycles. The molecule has 1 atom stereocenters. The van der Waals surface area contributed by atoms with Crippen LogP contribution in [0.15, 0.2) is 18.2 Å². The fraction of sp³-hybridized carbons (Fsp3) is 0.333. The minimum Gasteiger partial charge on any atom is -0.351 e. The third-order valence-corrected chi connectivity index (χ3v) is 2.44. The summed E-state index contributed by atoms with van der Waals surface area (Å²) in [6.07, 6.45) is 0. The van der Waals surface area contributed by atoms with Gasteiger partial charge in [-0.05, 0) is 26.0 Å². The predicted octanol–water partition coefficient (Wildman–Crippen LogP) is 1.79. The zero-order valence-electron chi connectivity index (χ0n) is 10.1. The van der Waals surface area contributed by atoms with Gasteiger partial charge in [-0.25, -0.2) is 0 Å². The summed E-state index contributed by atoms with van der Waals surface area (Å²) >= 11 is 0. The first-order chi connectivity index (χ1) is 8.45. The molecule has 0 aliphatic carbocycles. The van der Waals surface area contributed by atoms with E-state index in [4.69, 9.17) is 5.26 Å². The average Bonchev–Trinajstić information content (AvgIpc) is 2.34. The number of amides is 1. The molecule has 0 fully saturated rings. The van der Waals surface area contributed by atoms with Crippen molar-refractivity contribution in [2.75, 3.05) is 6.54 Å². The molecule has 0 spiro atoms. The molecular weight excluding hydrogens is 234 g/mol. The molecule has 0 saturated heterocycles. The van der Waals surface area contributed by atoms with Crippen molar-refractivity contribution in [2.45, 2.75) is 13.8 Å². The highest BCUT2D eigenvalue weighted by atomic mass is 16.6. The van der Waals surface area contributed by atoms with Gasteiger partial charge < -0.3 is 5.32 Å². The Bertz CT molecular complexity index is 520. The van der Waals surface area contributed by atoms with Crippen LogP contribution in [0.3, 0.4) is 0 Å². The molecule has 0 bridgehead atoms. The summed E-state index contributed by atoms with van der Waals surface area (Å²) in [5.41, 5.74) is 0.765. The number of carbonyl (C=O) groups excluding carboxylic acids is 1. The van der Waals surface area contributed by atoms with E-state index in [1.165, 1.54) is 18.2 Å². The highest BCUT2D eigenvalue weighted by Gasteiger charge is 2.13. The Morgan fingerprint density at radius 3 is 2.78 bits per heavy atom.